The van der Waals surface area contributed by atoms with Crippen molar-refractivity contribution in [1.29, 1.82) is 0 Å². The number of carbonyl (C=O) groups excluding carboxylic acids is 1. The van der Waals surface area contributed by atoms with E-state index in [9.17, 15) is 4.79 Å². The summed E-state index contributed by atoms with van der Waals surface area (Å²) in [6.07, 6.45) is 8.80. The van der Waals surface area contributed by atoms with E-state index in [1.807, 2.05) is 12.1 Å². The van der Waals surface area contributed by atoms with Crippen molar-refractivity contribution < 1.29 is 4.79 Å². The number of hydrogen-bond donors (Lipinski definition) is 1. The number of allylic oxidation sites excluding steroid dienone is 2. The quantitative estimate of drug-likeness (QED) is 0.869. The standard InChI is InChI=1S/C17H24N4O/c1-20-9-11-21(12-10-20)16-8-7-15(13-18-16)19-17(22)14-5-3-2-4-6-14/h2-3,7-8,13-14H,4-6,9-12H2,1H3,(H,19,22)/t14-/m0/s1. The van der Waals surface area contributed by atoms with Crippen LogP contribution in [0.2, 0.25) is 0 Å². The van der Waals surface area contributed by atoms with Gasteiger partial charge in [-0.2, -0.15) is 0 Å². The van der Waals surface area contributed by atoms with Crippen molar-refractivity contribution in [3.8, 4) is 0 Å². The van der Waals surface area contributed by atoms with Crippen LogP contribution in [-0.4, -0.2) is 49.0 Å². The molecule has 2 aliphatic rings. The number of rotatable bonds is 3. The van der Waals surface area contributed by atoms with Crippen LogP contribution >= 0.6 is 0 Å². The lowest BCUT2D eigenvalue weighted by molar-refractivity contribution is -0.120. The number of hydrogen-bond acceptors (Lipinski definition) is 4. The van der Waals surface area contributed by atoms with Crippen LogP contribution in [0.15, 0.2) is 30.5 Å². The third kappa shape index (κ3) is 3.65. The number of anilines is 2. The summed E-state index contributed by atoms with van der Waals surface area (Å²) in [5.41, 5.74) is 0.789. The van der Waals surface area contributed by atoms with Gasteiger partial charge in [0.25, 0.3) is 0 Å². The molecule has 22 heavy (non-hydrogen) atoms. The van der Waals surface area contributed by atoms with Crippen LogP contribution in [-0.2, 0) is 4.79 Å². The van der Waals surface area contributed by atoms with E-state index in [0.29, 0.717) is 0 Å². The Balaban J connectivity index is 1.57. The van der Waals surface area contributed by atoms with Crippen LogP contribution in [0.25, 0.3) is 0 Å². The summed E-state index contributed by atoms with van der Waals surface area (Å²) in [6.45, 7) is 4.14. The molecule has 118 valence electrons. The summed E-state index contributed by atoms with van der Waals surface area (Å²) in [5.74, 6) is 1.20. The molecular weight excluding hydrogens is 276 g/mol. The van der Waals surface area contributed by atoms with Crippen LogP contribution in [0.5, 0.6) is 0 Å². The van der Waals surface area contributed by atoms with Crippen LogP contribution in [0.1, 0.15) is 19.3 Å². The molecular formula is C17H24N4O. The monoisotopic (exact) mass is 300 g/mol. The summed E-state index contributed by atoms with van der Waals surface area (Å²) in [7, 11) is 2.14. The molecule has 1 aliphatic carbocycles. The Labute approximate surface area is 132 Å². The Morgan fingerprint density at radius 1 is 1.23 bits per heavy atom. The van der Waals surface area contributed by atoms with Gasteiger partial charge in [-0.3, -0.25) is 4.79 Å². The maximum absolute atomic E-state index is 12.2. The topological polar surface area (TPSA) is 48.5 Å². The van der Waals surface area contributed by atoms with Crippen molar-refractivity contribution >= 4 is 17.4 Å². The zero-order valence-corrected chi connectivity index (χ0v) is 13.2. The second-order valence-corrected chi connectivity index (χ2v) is 6.17. The van der Waals surface area contributed by atoms with E-state index in [2.05, 4.69) is 39.3 Å². The van der Waals surface area contributed by atoms with E-state index in [1.165, 1.54) is 0 Å². The molecule has 1 amide bonds. The Bertz CT molecular complexity index is 532. The van der Waals surface area contributed by atoms with Crippen molar-refractivity contribution in [3.63, 3.8) is 0 Å². The lowest BCUT2D eigenvalue weighted by atomic mass is 9.93. The average molecular weight is 300 g/mol. The van der Waals surface area contributed by atoms with Crippen LogP contribution in [0.4, 0.5) is 11.5 Å². The van der Waals surface area contributed by atoms with Gasteiger partial charge in [-0.15, -0.1) is 0 Å². The minimum atomic E-state index is 0.0994. The molecule has 1 aliphatic heterocycles. The SMILES string of the molecule is CN1CCN(c2ccc(NC(=O)[C@H]3CC=CCC3)cn2)CC1. The predicted molar refractivity (Wildman–Crippen MR) is 89.1 cm³/mol. The van der Waals surface area contributed by atoms with Gasteiger partial charge >= 0.3 is 0 Å². The molecule has 0 bridgehead atoms. The van der Waals surface area contributed by atoms with Gasteiger partial charge in [-0.1, -0.05) is 12.2 Å². The highest BCUT2D eigenvalue weighted by Gasteiger charge is 2.19. The Morgan fingerprint density at radius 3 is 2.68 bits per heavy atom. The van der Waals surface area contributed by atoms with E-state index < -0.39 is 0 Å². The van der Waals surface area contributed by atoms with Gasteiger partial charge in [0.2, 0.25) is 5.91 Å². The van der Waals surface area contributed by atoms with E-state index in [-0.39, 0.29) is 11.8 Å². The maximum Gasteiger partial charge on any atom is 0.227 e. The fourth-order valence-electron chi connectivity index (χ4n) is 2.96. The highest BCUT2D eigenvalue weighted by atomic mass is 16.1. The molecule has 1 fully saturated rings. The average Bonchev–Trinajstić information content (AvgIpc) is 2.57. The summed E-state index contributed by atoms with van der Waals surface area (Å²) in [5, 5.41) is 2.99. The molecule has 5 heteroatoms. The van der Waals surface area contributed by atoms with Gasteiger partial charge in [0.1, 0.15) is 5.82 Å². The van der Waals surface area contributed by atoms with Gasteiger partial charge in [-0.25, -0.2) is 4.98 Å². The Morgan fingerprint density at radius 2 is 2.05 bits per heavy atom. The summed E-state index contributed by atoms with van der Waals surface area (Å²) in [4.78, 5) is 21.3. The summed E-state index contributed by atoms with van der Waals surface area (Å²) in [6, 6.07) is 3.96. The molecule has 2 heterocycles. The molecule has 5 nitrogen and oxygen atoms in total. The third-order valence-corrected chi connectivity index (χ3v) is 4.48. The van der Waals surface area contributed by atoms with E-state index in [1.54, 1.807) is 6.20 Å². The fraction of sp³-hybridized carbons (Fsp3) is 0.529. The van der Waals surface area contributed by atoms with Crippen LogP contribution < -0.4 is 10.2 Å². The summed E-state index contributed by atoms with van der Waals surface area (Å²) < 4.78 is 0. The van der Waals surface area contributed by atoms with Crippen LogP contribution in [0.3, 0.4) is 0 Å². The normalized spacial score (nSPS) is 22.6. The van der Waals surface area contributed by atoms with Crippen molar-refractivity contribution in [2.75, 3.05) is 43.4 Å². The number of piperazine rings is 1. The molecule has 1 saturated heterocycles. The number of carbonyl (C=O) groups is 1. The van der Waals surface area contributed by atoms with Crippen LogP contribution in [0, 0.1) is 5.92 Å². The van der Waals surface area contributed by atoms with E-state index in [4.69, 9.17) is 0 Å². The zero-order valence-electron chi connectivity index (χ0n) is 13.2. The molecule has 1 aromatic heterocycles. The first-order valence-corrected chi connectivity index (χ1v) is 8.08. The zero-order chi connectivity index (χ0) is 15.4. The molecule has 0 unspecified atom stereocenters. The highest BCUT2D eigenvalue weighted by Crippen LogP contribution is 2.21. The number of likely N-dealkylation sites (N-methyl/N-ethyl adjacent to an activating group) is 1. The maximum atomic E-state index is 12.2. The third-order valence-electron chi connectivity index (χ3n) is 4.48. The number of aromatic nitrogens is 1. The molecule has 1 aromatic rings. The molecule has 0 saturated carbocycles. The van der Waals surface area contributed by atoms with Gasteiger partial charge in [0.05, 0.1) is 11.9 Å². The van der Waals surface area contributed by atoms with Crippen molar-refractivity contribution in [1.82, 2.24) is 9.88 Å². The number of amides is 1. The second kappa shape index (κ2) is 6.92. The molecule has 3 rings (SSSR count). The predicted octanol–water partition coefficient (Wildman–Crippen LogP) is 2.13. The van der Waals surface area contributed by atoms with Gasteiger partial charge in [-0.05, 0) is 38.4 Å². The smallest absolute Gasteiger partial charge is 0.227 e. The number of nitrogens with one attached hydrogen (secondary N) is 1. The highest BCUT2D eigenvalue weighted by molar-refractivity contribution is 5.92. The minimum absolute atomic E-state index is 0.0994. The van der Waals surface area contributed by atoms with E-state index >= 15 is 0 Å². The molecule has 1 N–H and O–H groups in total. The van der Waals surface area contributed by atoms with Crippen molar-refractivity contribution in [3.05, 3.63) is 30.5 Å². The van der Waals surface area contributed by atoms with Crippen molar-refractivity contribution in [2.45, 2.75) is 19.3 Å². The first-order chi connectivity index (χ1) is 10.7. The van der Waals surface area contributed by atoms with Crippen molar-refractivity contribution in [2.24, 2.45) is 5.92 Å². The van der Waals surface area contributed by atoms with Gasteiger partial charge in [0, 0.05) is 32.1 Å². The van der Waals surface area contributed by atoms with E-state index in [0.717, 1.165) is 56.9 Å². The number of nitrogens with zero attached hydrogens (tertiary/aromatic N) is 3. The van der Waals surface area contributed by atoms with Gasteiger partial charge in [0.15, 0.2) is 0 Å². The second-order valence-electron chi connectivity index (χ2n) is 6.17. The summed E-state index contributed by atoms with van der Waals surface area (Å²) >= 11 is 0. The lowest BCUT2D eigenvalue weighted by Crippen LogP contribution is -2.44. The minimum Gasteiger partial charge on any atom is -0.354 e. The fourth-order valence-corrected chi connectivity index (χ4v) is 2.96. The lowest BCUT2D eigenvalue weighted by Gasteiger charge is -2.33. The Hall–Kier alpha value is -1.88. The largest absolute Gasteiger partial charge is 0.354 e. The van der Waals surface area contributed by atoms with Gasteiger partial charge < -0.3 is 15.1 Å². The first-order valence-electron chi connectivity index (χ1n) is 8.08. The first kappa shape index (κ1) is 15.0. The molecule has 1 atom stereocenters. The Kier molecular flexibility index (Phi) is 4.73. The molecule has 0 aromatic carbocycles. The number of pyridine rings is 1. The molecule has 0 radical (unpaired) electrons. The molecule has 0 spiro atoms.